The minimum Gasteiger partial charge on any atom is -0.483 e. The molecule has 0 aliphatic heterocycles. The van der Waals surface area contributed by atoms with E-state index in [4.69, 9.17) is 9.84 Å². The van der Waals surface area contributed by atoms with Crippen LogP contribution in [0.15, 0.2) is 24.3 Å². The molecule has 0 aromatic heterocycles. The summed E-state index contributed by atoms with van der Waals surface area (Å²) >= 11 is 0. The van der Waals surface area contributed by atoms with E-state index >= 15 is 0 Å². The van der Waals surface area contributed by atoms with Crippen LogP contribution in [0.3, 0.4) is 0 Å². The van der Waals surface area contributed by atoms with E-state index in [1.807, 2.05) is 24.3 Å². The molecule has 0 spiro atoms. The summed E-state index contributed by atoms with van der Waals surface area (Å²) < 4.78 is 5.53. The summed E-state index contributed by atoms with van der Waals surface area (Å²) in [6.45, 7) is 4.43. The number of benzene rings is 1. The molecule has 100 valence electrons. The van der Waals surface area contributed by atoms with Gasteiger partial charge in [0.05, 0.1) is 6.61 Å². The fraction of sp³-hybridized carbons (Fsp3) is 0.500. The number of aliphatic hydroxyl groups is 1. The number of hydrogen-bond acceptors (Lipinski definition) is 3. The largest absolute Gasteiger partial charge is 0.483 e. The molecule has 1 amide bonds. The van der Waals surface area contributed by atoms with Gasteiger partial charge in [-0.2, -0.15) is 0 Å². The van der Waals surface area contributed by atoms with Gasteiger partial charge in [-0.3, -0.25) is 4.79 Å². The maximum Gasteiger partial charge on any atom is 0.258 e. The first-order valence-corrected chi connectivity index (χ1v) is 6.28. The second kappa shape index (κ2) is 7.71. The highest BCUT2D eigenvalue weighted by Crippen LogP contribution is 2.28. The van der Waals surface area contributed by atoms with Crippen LogP contribution in [-0.4, -0.2) is 30.8 Å². The van der Waals surface area contributed by atoms with Crippen LogP contribution in [0.4, 0.5) is 0 Å². The molecule has 0 saturated carbocycles. The molecule has 2 N–H and O–H groups in total. The van der Waals surface area contributed by atoms with E-state index < -0.39 is 0 Å². The average Bonchev–Trinajstić information content (AvgIpc) is 2.42. The molecule has 0 saturated heterocycles. The van der Waals surface area contributed by atoms with Gasteiger partial charge in [0.25, 0.3) is 5.91 Å². The van der Waals surface area contributed by atoms with Crippen LogP contribution >= 0.6 is 0 Å². The Balaban J connectivity index is 2.59. The van der Waals surface area contributed by atoms with E-state index in [2.05, 4.69) is 19.2 Å². The highest BCUT2D eigenvalue weighted by Gasteiger charge is 2.10. The number of hydrogen-bond donors (Lipinski definition) is 2. The van der Waals surface area contributed by atoms with E-state index in [-0.39, 0.29) is 25.7 Å². The summed E-state index contributed by atoms with van der Waals surface area (Å²) in [6, 6.07) is 7.77. The van der Waals surface area contributed by atoms with Gasteiger partial charge in [0.15, 0.2) is 6.61 Å². The number of carbonyl (C=O) groups excluding carboxylic acids is 1. The Bertz CT molecular complexity index is 379. The average molecular weight is 251 g/mol. The molecule has 0 bridgehead atoms. The number of rotatable bonds is 7. The zero-order valence-corrected chi connectivity index (χ0v) is 11.0. The van der Waals surface area contributed by atoms with E-state index in [9.17, 15) is 4.79 Å². The summed E-state index contributed by atoms with van der Waals surface area (Å²) in [5.41, 5.74) is 1.12. The van der Waals surface area contributed by atoms with E-state index in [0.29, 0.717) is 5.92 Å². The Morgan fingerprint density at radius 3 is 2.83 bits per heavy atom. The number of nitrogens with one attached hydrogen (secondary N) is 1. The lowest BCUT2D eigenvalue weighted by Crippen LogP contribution is -2.31. The number of carbonyl (C=O) groups is 1. The monoisotopic (exact) mass is 251 g/mol. The molecule has 4 heteroatoms. The zero-order valence-electron chi connectivity index (χ0n) is 11.0. The summed E-state index contributed by atoms with van der Waals surface area (Å²) in [6.07, 6.45) is 1.02. The molecule has 0 aliphatic rings. The number of aliphatic hydroxyl groups excluding tert-OH is 1. The van der Waals surface area contributed by atoms with Crippen molar-refractivity contribution in [1.82, 2.24) is 5.32 Å². The van der Waals surface area contributed by atoms with Gasteiger partial charge in [-0.15, -0.1) is 0 Å². The van der Waals surface area contributed by atoms with Gasteiger partial charge in [-0.1, -0.05) is 32.0 Å². The van der Waals surface area contributed by atoms with Gasteiger partial charge in [-0.05, 0) is 24.0 Å². The van der Waals surface area contributed by atoms with Gasteiger partial charge in [-0.25, -0.2) is 0 Å². The first-order chi connectivity index (χ1) is 8.69. The SMILES string of the molecule is CCC(C)c1ccccc1OCC(=O)NCCO. The Morgan fingerprint density at radius 2 is 2.17 bits per heavy atom. The molecule has 0 fully saturated rings. The van der Waals surface area contributed by atoms with E-state index in [1.165, 1.54) is 0 Å². The number of ether oxygens (including phenoxy) is 1. The molecule has 1 atom stereocenters. The first-order valence-electron chi connectivity index (χ1n) is 6.28. The third kappa shape index (κ3) is 4.37. The van der Waals surface area contributed by atoms with E-state index in [1.54, 1.807) is 0 Å². The molecule has 0 heterocycles. The third-order valence-electron chi connectivity index (χ3n) is 2.86. The molecule has 18 heavy (non-hydrogen) atoms. The fourth-order valence-electron chi connectivity index (χ4n) is 1.63. The van der Waals surface area contributed by atoms with Crippen molar-refractivity contribution in [3.05, 3.63) is 29.8 Å². The third-order valence-corrected chi connectivity index (χ3v) is 2.86. The van der Waals surface area contributed by atoms with Crippen molar-refractivity contribution in [2.24, 2.45) is 0 Å². The molecule has 1 aromatic carbocycles. The smallest absolute Gasteiger partial charge is 0.258 e. The van der Waals surface area contributed by atoms with Crippen LogP contribution in [0, 0.1) is 0 Å². The molecular formula is C14H21NO3. The zero-order chi connectivity index (χ0) is 13.4. The van der Waals surface area contributed by atoms with Crippen molar-refractivity contribution in [1.29, 1.82) is 0 Å². The predicted molar refractivity (Wildman–Crippen MR) is 70.7 cm³/mol. The van der Waals surface area contributed by atoms with Crippen molar-refractivity contribution in [2.45, 2.75) is 26.2 Å². The topological polar surface area (TPSA) is 58.6 Å². The molecule has 1 unspecified atom stereocenters. The van der Waals surface area contributed by atoms with Crippen LogP contribution in [0.5, 0.6) is 5.75 Å². The Hall–Kier alpha value is -1.55. The number of para-hydroxylation sites is 1. The van der Waals surface area contributed by atoms with Gasteiger partial charge >= 0.3 is 0 Å². The Morgan fingerprint density at radius 1 is 1.44 bits per heavy atom. The first kappa shape index (κ1) is 14.5. The fourth-order valence-corrected chi connectivity index (χ4v) is 1.63. The van der Waals surface area contributed by atoms with Gasteiger partial charge in [0.2, 0.25) is 0 Å². The van der Waals surface area contributed by atoms with Crippen LogP contribution < -0.4 is 10.1 Å². The van der Waals surface area contributed by atoms with E-state index in [0.717, 1.165) is 17.7 Å². The lowest BCUT2D eigenvalue weighted by Gasteiger charge is -2.15. The Kier molecular flexibility index (Phi) is 6.22. The lowest BCUT2D eigenvalue weighted by molar-refractivity contribution is -0.123. The normalized spacial score (nSPS) is 11.9. The van der Waals surface area contributed by atoms with Crippen LogP contribution in [-0.2, 0) is 4.79 Å². The van der Waals surface area contributed by atoms with Gasteiger partial charge in [0.1, 0.15) is 5.75 Å². The maximum absolute atomic E-state index is 11.4. The highest BCUT2D eigenvalue weighted by atomic mass is 16.5. The molecule has 0 radical (unpaired) electrons. The van der Waals surface area contributed by atoms with Gasteiger partial charge < -0.3 is 15.2 Å². The quantitative estimate of drug-likeness (QED) is 0.775. The van der Waals surface area contributed by atoms with Gasteiger partial charge in [0, 0.05) is 6.54 Å². The minimum atomic E-state index is -0.219. The summed E-state index contributed by atoms with van der Waals surface area (Å²) in [5, 5.41) is 11.1. The van der Waals surface area contributed by atoms with Crippen molar-refractivity contribution in [3.8, 4) is 5.75 Å². The van der Waals surface area contributed by atoms with Crippen molar-refractivity contribution in [2.75, 3.05) is 19.8 Å². The lowest BCUT2D eigenvalue weighted by atomic mass is 9.98. The van der Waals surface area contributed by atoms with Crippen LogP contribution in [0.25, 0.3) is 0 Å². The standard InChI is InChI=1S/C14H21NO3/c1-3-11(2)12-6-4-5-7-13(12)18-10-14(17)15-8-9-16/h4-7,11,16H,3,8-10H2,1-2H3,(H,15,17). The molecule has 1 aromatic rings. The van der Waals surface area contributed by atoms with Crippen LogP contribution in [0.2, 0.25) is 0 Å². The molecular weight excluding hydrogens is 230 g/mol. The maximum atomic E-state index is 11.4. The second-order valence-electron chi connectivity index (χ2n) is 4.21. The molecule has 1 rings (SSSR count). The van der Waals surface area contributed by atoms with Crippen LogP contribution in [0.1, 0.15) is 31.7 Å². The second-order valence-corrected chi connectivity index (χ2v) is 4.21. The highest BCUT2D eigenvalue weighted by molar-refractivity contribution is 5.77. The summed E-state index contributed by atoms with van der Waals surface area (Å²) in [5.74, 6) is 0.940. The summed E-state index contributed by atoms with van der Waals surface area (Å²) in [4.78, 5) is 11.4. The summed E-state index contributed by atoms with van der Waals surface area (Å²) in [7, 11) is 0. The molecule has 0 aliphatic carbocycles. The Labute approximate surface area is 108 Å². The molecule has 4 nitrogen and oxygen atoms in total. The van der Waals surface area contributed by atoms with Crippen molar-refractivity contribution < 1.29 is 14.6 Å². The number of amides is 1. The predicted octanol–water partition coefficient (Wildman–Crippen LogP) is 1.69. The minimum absolute atomic E-state index is 0.0204. The van der Waals surface area contributed by atoms with Crippen molar-refractivity contribution >= 4 is 5.91 Å². The van der Waals surface area contributed by atoms with Crippen molar-refractivity contribution in [3.63, 3.8) is 0 Å².